The Balaban J connectivity index is 1.78. The number of rotatable bonds is 6. The highest BCUT2D eigenvalue weighted by Crippen LogP contribution is 2.17. The molecule has 2 heterocycles. The van der Waals surface area contributed by atoms with Gasteiger partial charge in [0.05, 0.1) is 17.2 Å². The van der Waals surface area contributed by atoms with E-state index in [1.54, 1.807) is 25.1 Å². The predicted octanol–water partition coefficient (Wildman–Crippen LogP) is 2.70. The predicted molar refractivity (Wildman–Crippen MR) is 97.6 cm³/mol. The molecule has 0 saturated heterocycles. The van der Waals surface area contributed by atoms with Gasteiger partial charge in [0.25, 0.3) is 5.56 Å². The largest absolute Gasteiger partial charge is 0.463 e. The lowest BCUT2D eigenvalue weighted by atomic mass is 10.3. The molecule has 0 amide bonds. The van der Waals surface area contributed by atoms with Crippen molar-refractivity contribution in [2.24, 2.45) is 0 Å². The minimum Gasteiger partial charge on any atom is -0.463 e. The van der Waals surface area contributed by atoms with E-state index in [4.69, 9.17) is 16.0 Å². The second kappa shape index (κ2) is 7.45. The van der Waals surface area contributed by atoms with E-state index in [0.29, 0.717) is 16.5 Å². The maximum atomic E-state index is 12.3. The summed E-state index contributed by atoms with van der Waals surface area (Å²) < 4.78 is 33.7. The van der Waals surface area contributed by atoms with Gasteiger partial charge in [-0.1, -0.05) is 11.6 Å². The molecule has 2 aromatic heterocycles. The third-order valence-corrected chi connectivity index (χ3v) is 5.40. The molecule has 3 aromatic rings. The maximum absolute atomic E-state index is 12.3. The average Bonchev–Trinajstić information content (AvgIpc) is 3.15. The molecule has 0 fully saturated rings. The fourth-order valence-electron chi connectivity index (χ4n) is 2.31. The number of aromatic nitrogens is 2. The van der Waals surface area contributed by atoms with Crippen LogP contribution in [0.5, 0.6) is 0 Å². The van der Waals surface area contributed by atoms with Crippen molar-refractivity contribution in [2.45, 2.75) is 17.9 Å². The van der Waals surface area contributed by atoms with E-state index in [-0.39, 0.29) is 17.0 Å². The molecule has 26 heavy (non-hydrogen) atoms. The molecule has 0 saturated carbocycles. The van der Waals surface area contributed by atoms with E-state index in [0.717, 1.165) is 0 Å². The molecule has 3 rings (SSSR count). The molecule has 0 aliphatic heterocycles. The molecular formula is C17H16ClN3O4S. The first-order chi connectivity index (χ1) is 12.4. The fraction of sp³-hybridized carbons (Fsp3) is 0.176. The van der Waals surface area contributed by atoms with Crippen LogP contribution in [0.3, 0.4) is 0 Å². The summed E-state index contributed by atoms with van der Waals surface area (Å²) in [6.45, 7) is 1.70. The zero-order chi connectivity index (χ0) is 18.7. The summed E-state index contributed by atoms with van der Waals surface area (Å²) in [5.74, 6) is 0.521. The molecule has 0 bridgehead atoms. The lowest BCUT2D eigenvalue weighted by molar-refractivity contribution is 0.456. The molecule has 1 aromatic carbocycles. The van der Waals surface area contributed by atoms with Crippen molar-refractivity contribution in [1.29, 1.82) is 0 Å². The van der Waals surface area contributed by atoms with Crippen molar-refractivity contribution in [3.05, 3.63) is 70.2 Å². The Labute approximate surface area is 155 Å². The number of nitrogens with zero attached hydrogens (tertiary/aromatic N) is 2. The molecule has 1 unspecified atom stereocenters. The smallest absolute Gasteiger partial charge is 0.267 e. The van der Waals surface area contributed by atoms with Crippen molar-refractivity contribution in [3.8, 4) is 11.5 Å². The van der Waals surface area contributed by atoms with Gasteiger partial charge in [0, 0.05) is 17.6 Å². The summed E-state index contributed by atoms with van der Waals surface area (Å²) in [5.41, 5.74) is 0.153. The number of benzene rings is 1. The van der Waals surface area contributed by atoms with Gasteiger partial charge in [-0.25, -0.2) is 17.8 Å². The first-order valence-corrected chi connectivity index (χ1v) is 9.62. The van der Waals surface area contributed by atoms with Gasteiger partial charge in [0.15, 0.2) is 5.76 Å². The third-order valence-electron chi connectivity index (χ3n) is 3.71. The first-order valence-electron chi connectivity index (χ1n) is 7.76. The number of hydrogen-bond acceptors (Lipinski definition) is 5. The van der Waals surface area contributed by atoms with Crippen LogP contribution in [-0.4, -0.2) is 24.7 Å². The van der Waals surface area contributed by atoms with E-state index in [2.05, 4.69) is 9.82 Å². The number of halogens is 1. The molecular weight excluding hydrogens is 378 g/mol. The van der Waals surface area contributed by atoms with Crippen LogP contribution in [0.1, 0.15) is 13.0 Å². The molecule has 136 valence electrons. The summed E-state index contributed by atoms with van der Waals surface area (Å²) in [7, 11) is -3.72. The van der Waals surface area contributed by atoms with Crippen molar-refractivity contribution < 1.29 is 12.8 Å². The minimum absolute atomic E-state index is 0.000521. The molecule has 0 aliphatic rings. The van der Waals surface area contributed by atoms with Gasteiger partial charge >= 0.3 is 0 Å². The van der Waals surface area contributed by atoms with Crippen molar-refractivity contribution in [3.63, 3.8) is 0 Å². The summed E-state index contributed by atoms with van der Waals surface area (Å²) in [6.07, 6.45) is 1.51. The van der Waals surface area contributed by atoms with Crippen LogP contribution in [0, 0.1) is 0 Å². The van der Waals surface area contributed by atoms with Gasteiger partial charge in [-0.15, -0.1) is 0 Å². The standard InChI is InChI=1S/C17H16ClN3O4S/c1-12(11-19-26(23,24)14-6-4-13(18)5-7-14)21-17(22)9-8-15(20-21)16-3-2-10-25-16/h2-10,12,19H,11H2,1H3. The van der Waals surface area contributed by atoms with Gasteiger partial charge in [-0.2, -0.15) is 5.10 Å². The zero-order valence-electron chi connectivity index (χ0n) is 13.8. The minimum atomic E-state index is -3.72. The number of nitrogens with one attached hydrogen (secondary N) is 1. The Morgan fingerprint density at radius 3 is 2.58 bits per heavy atom. The Morgan fingerprint density at radius 2 is 1.92 bits per heavy atom. The molecule has 0 aliphatic carbocycles. The van der Waals surface area contributed by atoms with Crippen molar-refractivity contribution >= 4 is 21.6 Å². The summed E-state index contributed by atoms with van der Waals surface area (Å²) in [5, 5.41) is 4.70. The average molecular weight is 394 g/mol. The van der Waals surface area contributed by atoms with E-state index in [9.17, 15) is 13.2 Å². The second-order valence-corrected chi connectivity index (χ2v) is 7.84. The Hall–Kier alpha value is -2.42. The Bertz CT molecular complexity index is 1040. The fourth-order valence-corrected chi connectivity index (χ4v) is 3.56. The molecule has 1 N–H and O–H groups in total. The summed E-state index contributed by atoms with van der Waals surface area (Å²) >= 11 is 5.77. The quantitative estimate of drug-likeness (QED) is 0.694. The van der Waals surface area contributed by atoms with Crippen molar-refractivity contribution in [1.82, 2.24) is 14.5 Å². The maximum Gasteiger partial charge on any atom is 0.267 e. The lowest BCUT2D eigenvalue weighted by Crippen LogP contribution is -2.34. The lowest BCUT2D eigenvalue weighted by Gasteiger charge is -2.15. The van der Waals surface area contributed by atoms with E-state index in [1.807, 2.05) is 0 Å². The highest BCUT2D eigenvalue weighted by atomic mass is 35.5. The van der Waals surface area contributed by atoms with Crippen LogP contribution in [0.4, 0.5) is 0 Å². The van der Waals surface area contributed by atoms with Crippen LogP contribution < -0.4 is 10.3 Å². The first kappa shape index (κ1) is 18.4. The van der Waals surface area contributed by atoms with Crippen LogP contribution in [-0.2, 0) is 10.0 Å². The van der Waals surface area contributed by atoms with Gasteiger partial charge < -0.3 is 4.42 Å². The Kier molecular flexibility index (Phi) is 5.26. The van der Waals surface area contributed by atoms with E-state index < -0.39 is 16.1 Å². The summed E-state index contributed by atoms with van der Waals surface area (Å²) in [6, 6.07) is 11.7. The Morgan fingerprint density at radius 1 is 1.19 bits per heavy atom. The zero-order valence-corrected chi connectivity index (χ0v) is 15.4. The van der Waals surface area contributed by atoms with Crippen molar-refractivity contribution in [2.75, 3.05) is 6.54 Å². The van der Waals surface area contributed by atoms with Crippen LogP contribution >= 0.6 is 11.6 Å². The normalized spacial score (nSPS) is 12.8. The molecule has 1 atom stereocenters. The monoisotopic (exact) mass is 393 g/mol. The van der Waals surface area contributed by atoms with Gasteiger partial charge in [0.2, 0.25) is 10.0 Å². The molecule has 0 radical (unpaired) electrons. The topological polar surface area (TPSA) is 94.2 Å². The van der Waals surface area contributed by atoms with Gasteiger partial charge in [-0.05, 0) is 49.4 Å². The van der Waals surface area contributed by atoms with Crippen LogP contribution in [0.2, 0.25) is 5.02 Å². The summed E-state index contributed by atoms with van der Waals surface area (Å²) in [4.78, 5) is 12.2. The molecule has 0 spiro atoms. The molecule has 7 nitrogen and oxygen atoms in total. The van der Waals surface area contributed by atoms with Crippen LogP contribution in [0.15, 0.2) is 68.9 Å². The van der Waals surface area contributed by atoms with E-state index in [1.165, 1.54) is 41.3 Å². The molecule has 9 heteroatoms. The number of furan rings is 1. The third kappa shape index (κ3) is 4.04. The van der Waals surface area contributed by atoms with Gasteiger partial charge in [0.1, 0.15) is 5.69 Å². The second-order valence-electron chi connectivity index (χ2n) is 5.63. The van der Waals surface area contributed by atoms with E-state index >= 15 is 0 Å². The SMILES string of the molecule is CC(CNS(=O)(=O)c1ccc(Cl)cc1)n1nc(-c2ccco2)ccc1=O. The highest BCUT2D eigenvalue weighted by Gasteiger charge is 2.17. The number of hydrogen-bond donors (Lipinski definition) is 1. The van der Waals surface area contributed by atoms with Gasteiger partial charge in [-0.3, -0.25) is 4.79 Å². The number of sulfonamides is 1. The van der Waals surface area contributed by atoms with Crippen LogP contribution in [0.25, 0.3) is 11.5 Å². The highest BCUT2D eigenvalue weighted by molar-refractivity contribution is 7.89.